The lowest BCUT2D eigenvalue weighted by molar-refractivity contribution is 0.355. The number of hydrogen-bond donors (Lipinski definition) is 1. The summed E-state index contributed by atoms with van der Waals surface area (Å²) in [7, 11) is 4.75. The molecule has 0 aliphatic carbocycles. The molecular weight excluding hydrogens is 358 g/mol. The van der Waals surface area contributed by atoms with E-state index in [1.54, 1.807) is 62.5 Å². The summed E-state index contributed by atoms with van der Waals surface area (Å²) in [5.41, 5.74) is 3.76. The maximum absolute atomic E-state index is 10.4. The maximum atomic E-state index is 10.4. The molecule has 28 heavy (non-hydrogen) atoms. The molecule has 0 aliphatic rings. The van der Waals surface area contributed by atoms with Crippen LogP contribution < -0.4 is 14.2 Å². The molecule has 0 unspecified atom stereocenters. The van der Waals surface area contributed by atoms with Gasteiger partial charge in [-0.05, 0) is 35.9 Å². The first kappa shape index (κ1) is 17.7. The van der Waals surface area contributed by atoms with E-state index in [2.05, 4.69) is 10.1 Å². The van der Waals surface area contributed by atoms with E-state index in [-0.39, 0.29) is 5.75 Å². The van der Waals surface area contributed by atoms with Gasteiger partial charge in [0.25, 0.3) is 0 Å². The monoisotopic (exact) mass is 377 g/mol. The van der Waals surface area contributed by atoms with Crippen LogP contribution in [0.2, 0.25) is 0 Å². The predicted octanol–water partition coefficient (Wildman–Crippen LogP) is 3.79. The molecule has 0 saturated carbocycles. The Morgan fingerprint density at radius 2 is 1.68 bits per heavy atom. The zero-order chi connectivity index (χ0) is 19.7. The van der Waals surface area contributed by atoms with Crippen LogP contribution in [0.15, 0.2) is 54.9 Å². The molecule has 2 aromatic heterocycles. The minimum atomic E-state index is 0.106. The van der Waals surface area contributed by atoms with Crippen LogP contribution >= 0.6 is 0 Å². The maximum Gasteiger partial charge on any atom is 0.163 e. The Balaban J connectivity index is 1.86. The lowest BCUT2D eigenvalue weighted by Crippen LogP contribution is -1.96. The second-order valence-electron chi connectivity index (χ2n) is 6.08. The van der Waals surface area contributed by atoms with Crippen molar-refractivity contribution in [3.05, 3.63) is 54.9 Å². The molecule has 0 radical (unpaired) electrons. The third-order valence-corrected chi connectivity index (χ3v) is 4.58. The first-order chi connectivity index (χ1) is 13.7. The van der Waals surface area contributed by atoms with Crippen LogP contribution in [0.1, 0.15) is 0 Å². The van der Waals surface area contributed by atoms with Gasteiger partial charge in [-0.2, -0.15) is 5.10 Å². The first-order valence-electron chi connectivity index (χ1n) is 8.58. The fraction of sp³-hybridized carbons (Fsp3) is 0.143. The van der Waals surface area contributed by atoms with Gasteiger partial charge in [-0.3, -0.25) is 0 Å². The van der Waals surface area contributed by atoms with Crippen LogP contribution in [0, 0.1) is 0 Å². The third-order valence-electron chi connectivity index (χ3n) is 4.58. The summed E-state index contributed by atoms with van der Waals surface area (Å²) in [6.45, 7) is 0. The average Bonchev–Trinajstić information content (AvgIpc) is 3.17. The zero-order valence-corrected chi connectivity index (χ0v) is 15.7. The molecule has 0 fully saturated rings. The van der Waals surface area contributed by atoms with Gasteiger partial charge in [-0.25, -0.2) is 9.50 Å². The average molecular weight is 377 g/mol. The van der Waals surface area contributed by atoms with E-state index in [0.717, 1.165) is 16.8 Å². The van der Waals surface area contributed by atoms with E-state index in [9.17, 15) is 5.11 Å². The van der Waals surface area contributed by atoms with Crippen LogP contribution in [-0.2, 0) is 0 Å². The number of nitrogens with zero attached hydrogens (tertiary/aromatic N) is 3. The first-order valence-corrected chi connectivity index (χ1v) is 8.58. The van der Waals surface area contributed by atoms with Crippen LogP contribution in [0.5, 0.6) is 23.0 Å². The van der Waals surface area contributed by atoms with Crippen molar-refractivity contribution < 1.29 is 19.3 Å². The van der Waals surface area contributed by atoms with Gasteiger partial charge in [-0.1, -0.05) is 6.07 Å². The molecule has 7 heteroatoms. The van der Waals surface area contributed by atoms with Gasteiger partial charge in [0.15, 0.2) is 17.1 Å². The molecule has 0 aliphatic heterocycles. The number of ether oxygens (including phenoxy) is 3. The molecule has 2 heterocycles. The van der Waals surface area contributed by atoms with Crippen molar-refractivity contribution >= 4 is 5.65 Å². The van der Waals surface area contributed by atoms with Crippen LogP contribution in [0.25, 0.3) is 28.0 Å². The van der Waals surface area contributed by atoms with E-state index in [1.807, 2.05) is 18.2 Å². The van der Waals surface area contributed by atoms with Gasteiger partial charge in [0.2, 0.25) is 0 Å². The van der Waals surface area contributed by atoms with Crippen molar-refractivity contribution in [2.24, 2.45) is 0 Å². The Morgan fingerprint density at radius 1 is 0.857 bits per heavy atom. The van der Waals surface area contributed by atoms with E-state index in [1.165, 1.54) is 0 Å². The largest absolute Gasteiger partial charge is 0.507 e. The van der Waals surface area contributed by atoms with Gasteiger partial charge < -0.3 is 19.3 Å². The highest BCUT2D eigenvalue weighted by Gasteiger charge is 2.16. The SMILES string of the molecule is COc1ccc(-c2ccnc3c(-c4ccc(OC)c(OC)c4)cnn23)c(O)c1. The second-order valence-corrected chi connectivity index (χ2v) is 6.08. The van der Waals surface area contributed by atoms with Gasteiger partial charge in [0, 0.05) is 23.4 Å². The highest BCUT2D eigenvalue weighted by Crippen LogP contribution is 2.36. The van der Waals surface area contributed by atoms with E-state index in [4.69, 9.17) is 14.2 Å². The van der Waals surface area contributed by atoms with Gasteiger partial charge in [-0.15, -0.1) is 0 Å². The van der Waals surface area contributed by atoms with Crippen molar-refractivity contribution in [2.45, 2.75) is 0 Å². The Morgan fingerprint density at radius 3 is 2.39 bits per heavy atom. The molecule has 0 saturated heterocycles. The molecule has 142 valence electrons. The lowest BCUT2D eigenvalue weighted by atomic mass is 10.1. The molecular formula is C21H19N3O4. The minimum Gasteiger partial charge on any atom is -0.507 e. The van der Waals surface area contributed by atoms with Gasteiger partial charge >= 0.3 is 0 Å². The van der Waals surface area contributed by atoms with Crippen LogP contribution in [0.4, 0.5) is 0 Å². The van der Waals surface area contributed by atoms with Gasteiger partial charge in [0.1, 0.15) is 11.5 Å². The van der Waals surface area contributed by atoms with Crippen LogP contribution in [0.3, 0.4) is 0 Å². The fourth-order valence-electron chi connectivity index (χ4n) is 3.16. The van der Waals surface area contributed by atoms with Crippen molar-refractivity contribution in [3.63, 3.8) is 0 Å². The van der Waals surface area contributed by atoms with Crippen molar-refractivity contribution in [1.82, 2.24) is 14.6 Å². The van der Waals surface area contributed by atoms with E-state index in [0.29, 0.717) is 28.5 Å². The topological polar surface area (TPSA) is 78.1 Å². The van der Waals surface area contributed by atoms with Crippen molar-refractivity contribution in [2.75, 3.05) is 21.3 Å². The fourth-order valence-corrected chi connectivity index (χ4v) is 3.16. The van der Waals surface area contributed by atoms with E-state index >= 15 is 0 Å². The number of phenolic OH excluding ortho intramolecular Hbond substituents is 1. The summed E-state index contributed by atoms with van der Waals surface area (Å²) in [6, 6.07) is 12.6. The summed E-state index contributed by atoms with van der Waals surface area (Å²) in [5, 5.41) is 14.9. The summed E-state index contributed by atoms with van der Waals surface area (Å²) in [6.07, 6.45) is 3.44. The smallest absolute Gasteiger partial charge is 0.163 e. The molecule has 2 aromatic carbocycles. The number of rotatable bonds is 5. The van der Waals surface area contributed by atoms with Gasteiger partial charge in [0.05, 0.1) is 33.2 Å². The normalized spacial score (nSPS) is 10.8. The molecule has 0 bridgehead atoms. The van der Waals surface area contributed by atoms with E-state index < -0.39 is 0 Å². The molecule has 4 rings (SSSR count). The summed E-state index contributed by atoms with van der Waals surface area (Å²) in [5.74, 6) is 1.97. The molecule has 4 aromatic rings. The Bertz CT molecular complexity index is 1150. The number of hydrogen-bond acceptors (Lipinski definition) is 6. The summed E-state index contributed by atoms with van der Waals surface area (Å²) in [4.78, 5) is 4.49. The quantitative estimate of drug-likeness (QED) is 0.570. The highest BCUT2D eigenvalue weighted by molar-refractivity contribution is 5.81. The molecule has 0 atom stereocenters. The zero-order valence-electron chi connectivity index (χ0n) is 15.7. The van der Waals surface area contributed by atoms with Crippen molar-refractivity contribution in [1.29, 1.82) is 0 Å². The lowest BCUT2D eigenvalue weighted by Gasteiger charge is -2.10. The standard InChI is InChI=1S/C21H19N3O4/c1-26-14-5-6-15(18(25)11-14)17-8-9-22-21-16(12-23-24(17)21)13-4-7-19(27-2)20(10-13)28-3/h4-12,25H,1-3H3. The summed E-state index contributed by atoms with van der Waals surface area (Å²) < 4.78 is 17.6. The minimum absolute atomic E-state index is 0.106. The molecule has 0 amide bonds. The van der Waals surface area contributed by atoms with Crippen LogP contribution in [-0.4, -0.2) is 41.0 Å². The number of fused-ring (bicyclic) bond motifs is 1. The molecule has 7 nitrogen and oxygen atoms in total. The number of aromatic hydroxyl groups is 1. The number of benzene rings is 2. The molecule has 1 N–H and O–H groups in total. The Labute approximate surface area is 161 Å². The number of phenols is 1. The number of aromatic nitrogens is 3. The highest BCUT2D eigenvalue weighted by atomic mass is 16.5. The summed E-state index contributed by atoms with van der Waals surface area (Å²) >= 11 is 0. The predicted molar refractivity (Wildman–Crippen MR) is 105 cm³/mol. The van der Waals surface area contributed by atoms with Crippen molar-refractivity contribution in [3.8, 4) is 45.4 Å². The Hall–Kier alpha value is -3.74. The Kier molecular flexibility index (Phi) is 4.49. The number of methoxy groups -OCH3 is 3. The second kappa shape index (κ2) is 7.11. The third kappa shape index (κ3) is 2.87. The molecule has 0 spiro atoms.